The molecule has 15 nitrogen and oxygen atoms in total. The number of rotatable bonds is 6. The van der Waals surface area contributed by atoms with E-state index in [1.165, 1.54) is 0 Å². The van der Waals surface area contributed by atoms with Crippen molar-refractivity contribution in [3.05, 3.63) is 99.4 Å². The Bertz CT molecular complexity index is 1340. The Kier molecular flexibility index (Phi) is 4.46. The molecule has 0 amide bonds. The van der Waals surface area contributed by atoms with Crippen molar-refractivity contribution >= 4 is 0 Å². The van der Waals surface area contributed by atoms with Crippen LogP contribution in [0.1, 0.15) is 17.3 Å². The molecule has 156 valence electrons. The summed E-state index contributed by atoms with van der Waals surface area (Å²) in [6.07, 6.45) is 2.66. The summed E-state index contributed by atoms with van der Waals surface area (Å²) in [6, 6.07) is 0. The van der Waals surface area contributed by atoms with Gasteiger partial charge in [-0.3, -0.25) is 0 Å². The van der Waals surface area contributed by atoms with Gasteiger partial charge in [-0.1, -0.05) is 0 Å². The molecule has 15 heteroatoms. The first-order valence-electron chi connectivity index (χ1n) is 7.99. The van der Waals surface area contributed by atoms with Gasteiger partial charge in [-0.15, -0.1) is 0 Å². The van der Waals surface area contributed by atoms with E-state index in [2.05, 4.69) is 26.5 Å². The predicted molar refractivity (Wildman–Crippen MR) is 88.3 cm³/mol. The molecule has 0 fully saturated rings. The SMILES string of the molecule is O=c1occ(Cn2c(=O)n(Cc3coc(=O)o3)c(=O)n(Cc3coc(=O)o3)c2=O)o1. The summed E-state index contributed by atoms with van der Waals surface area (Å²) in [5.74, 6) is -3.73. The average Bonchev–Trinajstić information content (AvgIpc) is 3.42. The van der Waals surface area contributed by atoms with E-state index in [-0.39, 0.29) is 17.3 Å². The standard InChI is InChI=1S/C15H9N3O12/c19-10-16(1-7-4-25-13(22)28-7)11(20)18(3-9-6-27-15(24)30-9)12(21)17(10)2-8-5-26-14(23)29-8/h4-6H,1-3H2. The quantitative estimate of drug-likeness (QED) is 0.330. The van der Waals surface area contributed by atoms with Crippen LogP contribution in [0.4, 0.5) is 0 Å². The van der Waals surface area contributed by atoms with Gasteiger partial charge >= 0.3 is 34.5 Å². The minimum Gasteiger partial charge on any atom is -0.399 e. The van der Waals surface area contributed by atoms with Crippen molar-refractivity contribution in [3.8, 4) is 0 Å². The van der Waals surface area contributed by atoms with Gasteiger partial charge in [-0.25, -0.2) is 42.5 Å². The van der Waals surface area contributed by atoms with Crippen LogP contribution in [0.15, 0.2) is 74.1 Å². The van der Waals surface area contributed by atoms with Gasteiger partial charge in [-0.05, 0) is 0 Å². The van der Waals surface area contributed by atoms with Gasteiger partial charge in [0.2, 0.25) is 0 Å². The second-order valence-electron chi connectivity index (χ2n) is 5.77. The van der Waals surface area contributed by atoms with Crippen LogP contribution in [-0.4, -0.2) is 13.7 Å². The summed E-state index contributed by atoms with van der Waals surface area (Å²) in [4.78, 5) is 71.5. The molecule has 0 aliphatic rings. The highest BCUT2D eigenvalue weighted by Crippen LogP contribution is 2.00. The smallest absolute Gasteiger partial charge is 0.399 e. The van der Waals surface area contributed by atoms with Gasteiger partial charge in [0.25, 0.3) is 0 Å². The minimum atomic E-state index is -1.11. The van der Waals surface area contributed by atoms with Crippen LogP contribution in [-0.2, 0) is 19.6 Å². The second-order valence-corrected chi connectivity index (χ2v) is 5.77. The zero-order valence-electron chi connectivity index (χ0n) is 14.6. The molecule has 0 atom stereocenters. The van der Waals surface area contributed by atoms with E-state index in [4.69, 9.17) is 0 Å². The molecule has 0 spiro atoms. The molecule has 0 saturated carbocycles. The van der Waals surface area contributed by atoms with Crippen LogP contribution >= 0.6 is 0 Å². The molecule has 0 bridgehead atoms. The molecule has 4 aromatic heterocycles. The highest BCUT2D eigenvalue weighted by atomic mass is 16.6. The lowest BCUT2D eigenvalue weighted by Gasteiger charge is -2.11. The summed E-state index contributed by atoms with van der Waals surface area (Å²) < 4.78 is 29.1. The molecule has 0 saturated heterocycles. The first-order chi connectivity index (χ1) is 14.3. The lowest BCUT2D eigenvalue weighted by Crippen LogP contribution is -2.54. The van der Waals surface area contributed by atoms with Gasteiger partial charge in [0, 0.05) is 0 Å². The molecule has 4 heterocycles. The lowest BCUT2D eigenvalue weighted by molar-refractivity contribution is 0.354. The topological polar surface area (TPSA) is 196 Å². The third kappa shape index (κ3) is 3.46. The molecule has 0 aromatic carbocycles. The van der Waals surface area contributed by atoms with Crippen molar-refractivity contribution in [2.75, 3.05) is 0 Å². The monoisotopic (exact) mass is 423 g/mol. The van der Waals surface area contributed by atoms with E-state index < -0.39 is 54.2 Å². The Morgan fingerprint density at radius 3 is 0.967 bits per heavy atom. The van der Waals surface area contributed by atoms with Crippen molar-refractivity contribution in [1.29, 1.82) is 0 Å². The number of hydrogen-bond donors (Lipinski definition) is 0. The molecule has 0 aliphatic heterocycles. The highest BCUT2D eigenvalue weighted by Gasteiger charge is 2.20. The normalized spacial score (nSPS) is 11.2. The third-order valence-electron chi connectivity index (χ3n) is 3.83. The summed E-state index contributed by atoms with van der Waals surface area (Å²) in [5, 5.41) is 0. The summed E-state index contributed by atoms with van der Waals surface area (Å²) >= 11 is 0. The van der Waals surface area contributed by atoms with E-state index >= 15 is 0 Å². The molecule has 0 radical (unpaired) electrons. The van der Waals surface area contributed by atoms with Gasteiger partial charge < -0.3 is 26.5 Å². The number of aromatic nitrogens is 3. The van der Waals surface area contributed by atoms with E-state index in [1.807, 2.05) is 0 Å². The van der Waals surface area contributed by atoms with Gasteiger partial charge in [-0.2, -0.15) is 0 Å². The van der Waals surface area contributed by atoms with E-state index in [9.17, 15) is 28.8 Å². The van der Waals surface area contributed by atoms with Crippen LogP contribution in [0, 0.1) is 0 Å². The zero-order chi connectivity index (χ0) is 21.4. The zero-order valence-corrected chi connectivity index (χ0v) is 14.6. The Labute approximate surface area is 160 Å². The van der Waals surface area contributed by atoms with E-state index in [0.717, 1.165) is 18.8 Å². The summed E-state index contributed by atoms with van der Waals surface area (Å²) in [6.45, 7) is -1.68. The molecule has 0 unspecified atom stereocenters. The molecule has 0 N–H and O–H groups in total. The molecular weight excluding hydrogens is 414 g/mol. The van der Waals surface area contributed by atoms with Gasteiger partial charge in [0.15, 0.2) is 17.3 Å². The average molecular weight is 423 g/mol. The first kappa shape index (κ1) is 18.8. The fraction of sp³-hybridized carbons (Fsp3) is 0.200. The summed E-state index contributed by atoms with van der Waals surface area (Å²) in [5.41, 5.74) is -3.33. The van der Waals surface area contributed by atoms with Crippen LogP contribution in [0.2, 0.25) is 0 Å². The van der Waals surface area contributed by atoms with Crippen LogP contribution < -0.4 is 34.5 Å². The maximum absolute atomic E-state index is 12.8. The maximum atomic E-state index is 12.8. The largest absolute Gasteiger partial charge is 0.518 e. The Hall–Kier alpha value is -4.56. The van der Waals surface area contributed by atoms with Crippen LogP contribution in [0.3, 0.4) is 0 Å². The van der Waals surface area contributed by atoms with Crippen molar-refractivity contribution in [2.45, 2.75) is 19.6 Å². The molecule has 30 heavy (non-hydrogen) atoms. The van der Waals surface area contributed by atoms with Crippen molar-refractivity contribution < 1.29 is 26.5 Å². The minimum absolute atomic E-state index is 0.180. The molecular formula is C15H9N3O12. The van der Waals surface area contributed by atoms with Crippen molar-refractivity contribution in [2.24, 2.45) is 0 Å². The summed E-state index contributed by atoms with van der Waals surface area (Å²) in [7, 11) is 0. The molecule has 4 rings (SSSR count). The number of hydrogen-bond acceptors (Lipinski definition) is 12. The maximum Gasteiger partial charge on any atom is 0.518 e. The van der Waals surface area contributed by atoms with Crippen molar-refractivity contribution in [1.82, 2.24) is 13.7 Å². The van der Waals surface area contributed by atoms with E-state index in [1.54, 1.807) is 0 Å². The Balaban J connectivity index is 1.89. The van der Waals surface area contributed by atoms with Gasteiger partial charge in [0.05, 0.1) is 19.6 Å². The number of nitrogens with zero attached hydrogens (tertiary/aromatic N) is 3. The van der Waals surface area contributed by atoms with Crippen LogP contribution in [0.25, 0.3) is 0 Å². The predicted octanol–water partition coefficient (Wildman–Crippen LogP) is -2.04. The lowest BCUT2D eigenvalue weighted by atomic mass is 10.4. The van der Waals surface area contributed by atoms with Gasteiger partial charge in [0.1, 0.15) is 18.8 Å². The van der Waals surface area contributed by atoms with E-state index in [0.29, 0.717) is 13.7 Å². The third-order valence-corrected chi connectivity index (χ3v) is 3.83. The second kappa shape index (κ2) is 7.12. The van der Waals surface area contributed by atoms with Crippen molar-refractivity contribution in [3.63, 3.8) is 0 Å². The van der Waals surface area contributed by atoms with Crippen LogP contribution in [0.5, 0.6) is 0 Å². The Morgan fingerprint density at radius 1 is 0.500 bits per heavy atom. The Morgan fingerprint density at radius 2 is 0.767 bits per heavy atom. The first-order valence-corrected chi connectivity index (χ1v) is 7.99. The fourth-order valence-electron chi connectivity index (χ4n) is 2.57. The molecule has 0 aliphatic carbocycles. The fourth-order valence-corrected chi connectivity index (χ4v) is 2.57. The highest BCUT2D eigenvalue weighted by molar-refractivity contribution is 4.95. The molecule has 4 aromatic rings.